The number of hydrogen-bond acceptors (Lipinski definition) is 3. The van der Waals surface area contributed by atoms with Gasteiger partial charge in [-0.3, -0.25) is 4.79 Å². The lowest BCUT2D eigenvalue weighted by Crippen LogP contribution is -2.39. The maximum absolute atomic E-state index is 12.5. The molecule has 29 heavy (non-hydrogen) atoms. The lowest BCUT2D eigenvalue weighted by atomic mass is 9.96. The van der Waals surface area contributed by atoms with Crippen LogP contribution in [0.3, 0.4) is 0 Å². The summed E-state index contributed by atoms with van der Waals surface area (Å²) in [5.74, 6) is 0.553. The van der Waals surface area contributed by atoms with Crippen LogP contribution in [0.1, 0.15) is 43.2 Å². The molecule has 2 aliphatic rings. The van der Waals surface area contributed by atoms with E-state index in [0.29, 0.717) is 23.7 Å². The van der Waals surface area contributed by atoms with E-state index in [-0.39, 0.29) is 24.6 Å². The van der Waals surface area contributed by atoms with E-state index in [0.717, 1.165) is 31.2 Å². The summed E-state index contributed by atoms with van der Waals surface area (Å²) in [4.78, 5) is 26.6. The van der Waals surface area contributed by atoms with Crippen molar-refractivity contribution in [1.82, 2.24) is 5.32 Å². The molecule has 6 heteroatoms. The van der Waals surface area contributed by atoms with Crippen LogP contribution in [0.15, 0.2) is 42.5 Å². The summed E-state index contributed by atoms with van der Waals surface area (Å²) in [6.07, 6.45) is 5.64. The van der Waals surface area contributed by atoms with Crippen LogP contribution < -0.4 is 20.3 Å². The standard InChI is InChI=1S/C23H27N3O3/c1-16-7-9-17(10-8-16)14-26-20-13-19(11-12-21(20)29-15-22(26)27)25-23(28)24-18-5-3-2-4-6-18/h7-13,18H,2-6,14-15H2,1H3,(H2,24,25,28). The average Bonchev–Trinajstić information content (AvgIpc) is 2.72. The van der Waals surface area contributed by atoms with Crippen molar-refractivity contribution in [3.8, 4) is 5.75 Å². The molecule has 2 aromatic rings. The van der Waals surface area contributed by atoms with Crippen molar-refractivity contribution < 1.29 is 14.3 Å². The first kappa shape index (κ1) is 19.3. The number of fused-ring (bicyclic) bond motifs is 1. The molecule has 6 nitrogen and oxygen atoms in total. The molecule has 4 rings (SSSR count). The predicted octanol–water partition coefficient (Wildman–Crippen LogP) is 4.37. The molecule has 0 spiro atoms. The summed E-state index contributed by atoms with van der Waals surface area (Å²) in [6, 6.07) is 13.6. The molecule has 1 aliphatic carbocycles. The minimum atomic E-state index is -0.204. The number of ether oxygens (including phenoxy) is 1. The van der Waals surface area contributed by atoms with Crippen LogP contribution in [-0.2, 0) is 11.3 Å². The Morgan fingerprint density at radius 2 is 1.86 bits per heavy atom. The Hall–Kier alpha value is -3.02. The molecule has 0 saturated heterocycles. The van der Waals surface area contributed by atoms with Gasteiger partial charge in [0.15, 0.2) is 6.61 Å². The smallest absolute Gasteiger partial charge is 0.319 e. The van der Waals surface area contributed by atoms with Crippen molar-refractivity contribution in [2.45, 2.75) is 51.6 Å². The van der Waals surface area contributed by atoms with E-state index in [1.165, 1.54) is 12.0 Å². The number of hydrogen-bond donors (Lipinski definition) is 2. The van der Waals surface area contributed by atoms with E-state index in [1.807, 2.05) is 31.2 Å². The second-order valence-corrected chi connectivity index (χ2v) is 7.87. The van der Waals surface area contributed by atoms with Crippen LogP contribution in [0, 0.1) is 6.92 Å². The van der Waals surface area contributed by atoms with Crippen LogP contribution in [0.4, 0.5) is 16.2 Å². The van der Waals surface area contributed by atoms with Crippen LogP contribution in [0.25, 0.3) is 0 Å². The minimum Gasteiger partial charge on any atom is -0.482 e. The fraction of sp³-hybridized carbons (Fsp3) is 0.391. The molecule has 0 radical (unpaired) electrons. The van der Waals surface area contributed by atoms with Gasteiger partial charge in [0.05, 0.1) is 12.2 Å². The number of benzene rings is 2. The highest BCUT2D eigenvalue weighted by Crippen LogP contribution is 2.35. The molecule has 1 fully saturated rings. The third-order valence-electron chi connectivity index (χ3n) is 5.56. The number of amides is 3. The highest BCUT2D eigenvalue weighted by atomic mass is 16.5. The number of rotatable bonds is 4. The molecule has 152 valence electrons. The molecule has 3 amide bonds. The number of nitrogens with one attached hydrogen (secondary N) is 2. The zero-order valence-corrected chi connectivity index (χ0v) is 16.7. The molecule has 1 saturated carbocycles. The summed E-state index contributed by atoms with van der Waals surface area (Å²) in [7, 11) is 0. The highest BCUT2D eigenvalue weighted by Gasteiger charge is 2.26. The van der Waals surface area contributed by atoms with Crippen LogP contribution in [-0.4, -0.2) is 24.6 Å². The summed E-state index contributed by atoms with van der Waals surface area (Å²) in [5.41, 5.74) is 3.55. The van der Waals surface area contributed by atoms with Crippen molar-refractivity contribution >= 4 is 23.3 Å². The van der Waals surface area contributed by atoms with Crippen LogP contribution >= 0.6 is 0 Å². The van der Waals surface area contributed by atoms with E-state index in [9.17, 15) is 9.59 Å². The molecule has 2 N–H and O–H groups in total. The van der Waals surface area contributed by atoms with Gasteiger partial charge in [0, 0.05) is 11.7 Å². The molecular weight excluding hydrogens is 366 g/mol. The number of carbonyl (C=O) groups is 2. The van der Waals surface area contributed by atoms with Crippen molar-refractivity contribution in [2.75, 3.05) is 16.8 Å². The van der Waals surface area contributed by atoms with E-state index in [4.69, 9.17) is 4.74 Å². The summed E-state index contributed by atoms with van der Waals surface area (Å²) < 4.78 is 5.58. The second-order valence-electron chi connectivity index (χ2n) is 7.87. The monoisotopic (exact) mass is 393 g/mol. The predicted molar refractivity (Wildman–Crippen MR) is 113 cm³/mol. The molecular formula is C23H27N3O3. The molecule has 0 unspecified atom stereocenters. The maximum Gasteiger partial charge on any atom is 0.319 e. The first-order chi connectivity index (χ1) is 14.1. The Balaban J connectivity index is 1.49. The van der Waals surface area contributed by atoms with Gasteiger partial charge in [-0.25, -0.2) is 4.79 Å². The third kappa shape index (κ3) is 4.70. The van der Waals surface area contributed by atoms with E-state index < -0.39 is 0 Å². The fourth-order valence-corrected chi connectivity index (χ4v) is 3.93. The molecule has 0 aromatic heterocycles. The summed E-state index contributed by atoms with van der Waals surface area (Å²) >= 11 is 0. The summed E-state index contributed by atoms with van der Waals surface area (Å²) in [6.45, 7) is 2.52. The number of nitrogens with zero attached hydrogens (tertiary/aromatic N) is 1. The Labute approximate surface area is 171 Å². The van der Waals surface area contributed by atoms with Crippen LogP contribution in [0.5, 0.6) is 5.75 Å². The van der Waals surface area contributed by atoms with Crippen molar-refractivity contribution in [1.29, 1.82) is 0 Å². The number of carbonyl (C=O) groups excluding carboxylic acids is 2. The second kappa shape index (κ2) is 8.55. The van der Waals surface area contributed by atoms with Crippen LogP contribution in [0.2, 0.25) is 0 Å². The first-order valence-corrected chi connectivity index (χ1v) is 10.3. The Morgan fingerprint density at radius 1 is 1.10 bits per heavy atom. The number of urea groups is 1. The number of aryl methyl sites for hydroxylation is 1. The zero-order valence-electron chi connectivity index (χ0n) is 16.7. The van der Waals surface area contributed by atoms with E-state index in [1.54, 1.807) is 23.1 Å². The largest absolute Gasteiger partial charge is 0.482 e. The van der Waals surface area contributed by atoms with Gasteiger partial charge < -0.3 is 20.3 Å². The SMILES string of the molecule is Cc1ccc(CN2C(=O)COc3ccc(NC(=O)NC4CCCCC4)cc32)cc1. The summed E-state index contributed by atoms with van der Waals surface area (Å²) in [5, 5.41) is 5.95. The van der Waals surface area contributed by atoms with E-state index >= 15 is 0 Å². The Morgan fingerprint density at radius 3 is 2.62 bits per heavy atom. The minimum absolute atomic E-state index is 0.0216. The van der Waals surface area contributed by atoms with Crippen molar-refractivity contribution in [2.24, 2.45) is 0 Å². The van der Waals surface area contributed by atoms with Gasteiger partial charge in [0.25, 0.3) is 5.91 Å². The number of anilines is 2. The lowest BCUT2D eigenvalue weighted by molar-refractivity contribution is -0.121. The lowest BCUT2D eigenvalue weighted by Gasteiger charge is -2.30. The van der Waals surface area contributed by atoms with Gasteiger partial charge in [-0.2, -0.15) is 0 Å². The van der Waals surface area contributed by atoms with Gasteiger partial charge >= 0.3 is 6.03 Å². The zero-order chi connectivity index (χ0) is 20.2. The average molecular weight is 393 g/mol. The van der Waals surface area contributed by atoms with E-state index in [2.05, 4.69) is 10.6 Å². The van der Waals surface area contributed by atoms with Gasteiger partial charge in [0.2, 0.25) is 0 Å². The molecule has 1 heterocycles. The quantitative estimate of drug-likeness (QED) is 0.810. The third-order valence-corrected chi connectivity index (χ3v) is 5.56. The highest BCUT2D eigenvalue weighted by molar-refractivity contribution is 5.99. The Kier molecular flexibility index (Phi) is 5.69. The first-order valence-electron chi connectivity index (χ1n) is 10.3. The molecule has 0 bridgehead atoms. The van der Waals surface area contributed by atoms with Gasteiger partial charge in [-0.1, -0.05) is 49.1 Å². The van der Waals surface area contributed by atoms with Crippen molar-refractivity contribution in [3.63, 3.8) is 0 Å². The van der Waals surface area contributed by atoms with Gasteiger partial charge in [-0.05, 0) is 43.5 Å². The van der Waals surface area contributed by atoms with Gasteiger partial charge in [-0.15, -0.1) is 0 Å². The fourth-order valence-electron chi connectivity index (χ4n) is 3.93. The van der Waals surface area contributed by atoms with Crippen molar-refractivity contribution in [3.05, 3.63) is 53.6 Å². The normalized spacial score (nSPS) is 16.7. The molecule has 0 atom stereocenters. The molecule has 2 aromatic carbocycles. The maximum atomic E-state index is 12.5. The van der Waals surface area contributed by atoms with Gasteiger partial charge in [0.1, 0.15) is 5.75 Å². The molecule has 1 aliphatic heterocycles. The topological polar surface area (TPSA) is 70.7 Å². The Bertz CT molecular complexity index is 889.